The fraction of sp³-hybridized carbons (Fsp3) is 0.346. The summed E-state index contributed by atoms with van der Waals surface area (Å²) in [6.07, 6.45) is 5.39. The van der Waals surface area contributed by atoms with Gasteiger partial charge in [0.2, 0.25) is 0 Å². The van der Waals surface area contributed by atoms with E-state index in [4.69, 9.17) is 23.2 Å². The molecule has 2 amide bonds. The Morgan fingerprint density at radius 3 is 2.41 bits per heavy atom. The van der Waals surface area contributed by atoms with Crippen molar-refractivity contribution in [2.45, 2.75) is 58.5 Å². The van der Waals surface area contributed by atoms with Crippen LogP contribution in [0.5, 0.6) is 0 Å². The summed E-state index contributed by atoms with van der Waals surface area (Å²) in [5.74, 6) is -0.619. The Morgan fingerprint density at radius 1 is 1.00 bits per heavy atom. The van der Waals surface area contributed by atoms with Gasteiger partial charge in [-0.05, 0) is 50.5 Å². The normalized spacial score (nSPS) is 14.1. The maximum Gasteiger partial charge on any atom is 0.260 e. The number of nitrogens with zero attached hydrogens (tertiary/aromatic N) is 2. The molecule has 2 N–H and O–H groups in total. The van der Waals surface area contributed by atoms with E-state index in [1.54, 1.807) is 29.8 Å². The summed E-state index contributed by atoms with van der Waals surface area (Å²) in [7, 11) is 0. The molecule has 4 rings (SSSR count). The van der Waals surface area contributed by atoms with Crippen molar-refractivity contribution in [3.63, 3.8) is 0 Å². The third kappa shape index (κ3) is 5.62. The van der Waals surface area contributed by atoms with Crippen LogP contribution in [0, 0.1) is 13.8 Å². The van der Waals surface area contributed by atoms with Crippen LogP contribution in [-0.2, 0) is 6.54 Å². The van der Waals surface area contributed by atoms with Crippen LogP contribution in [0.4, 0.5) is 5.69 Å². The van der Waals surface area contributed by atoms with Crippen LogP contribution in [0.2, 0.25) is 10.2 Å². The van der Waals surface area contributed by atoms with Gasteiger partial charge in [0.25, 0.3) is 11.8 Å². The second-order valence-corrected chi connectivity index (χ2v) is 9.62. The molecule has 0 bridgehead atoms. The molecule has 0 spiro atoms. The number of nitrogens with one attached hydrogen (secondary N) is 2. The first-order valence-corrected chi connectivity index (χ1v) is 12.3. The predicted molar refractivity (Wildman–Crippen MR) is 136 cm³/mol. The first-order valence-electron chi connectivity index (χ1n) is 11.5. The maximum absolute atomic E-state index is 13.1. The number of aromatic nitrogens is 2. The number of carbonyl (C=O) groups is 2. The van der Waals surface area contributed by atoms with Crippen molar-refractivity contribution < 1.29 is 9.59 Å². The summed E-state index contributed by atoms with van der Waals surface area (Å²) < 4.78 is 1.61. The number of benzene rings is 2. The van der Waals surface area contributed by atoms with Crippen LogP contribution in [-0.4, -0.2) is 27.6 Å². The fourth-order valence-corrected chi connectivity index (χ4v) is 4.79. The maximum atomic E-state index is 13.1. The molecule has 1 aliphatic rings. The average molecular weight is 499 g/mol. The minimum atomic E-state index is -0.390. The Labute approximate surface area is 209 Å². The number of hydrogen-bond acceptors (Lipinski definition) is 3. The molecule has 0 aliphatic heterocycles. The molecule has 1 fully saturated rings. The summed E-state index contributed by atoms with van der Waals surface area (Å²) in [6, 6.07) is 13.1. The van der Waals surface area contributed by atoms with Crippen molar-refractivity contribution in [2.75, 3.05) is 5.32 Å². The number of anilines is 1. The third-order valence-electron chi connectivity index (χ3n) is 6.15. The first kappa shape index (κ1) is 24.3. The van der Waals surface area contributed by atoms with Crippen LogP contribution >= 0.6 is 23.2 Å². The van der Waals surface area contributed by atoms with Crippen LogP contribution in [0.15, 0.2) is 42.5 Å². The van der Waals surface area contributed by atoms with Crippen molar-refractivity contribution >= 4 is 40.7 Å². The van der Waals surface area contributed by atoms with Crippen LogP contribution in [0.25, 0.3) is 0 Å². The van der Waals surface area contributed by atoms with Gasteiger partial charge in [-0.1, -0.05) is 72.3 Å². The molecule has 1 heterocycles. The number of halogens is 2. The van der Waals surface area contributed by atoms with Crippen molar-refractivity contribution in [1.82, 2.24) is 15.1 Å². The van der Waals surface area contributed by atoms with E-state index in [-0.39, 0.29) is 17.1 Å². The lowest BCUT2D eigenvalue weighted by Gasteiger charge is -2.23. The van der Waals surface area contributed by atoms with Crippen molar-refractivity contribution in [1.29, 1.82) is 0 Å². The Kier molecular flexibility index (Phi) is 7.59. The average Bonchev–Trinajstić information content (AvgIpc) is 3.09. The molecular weight excluding hydrogens is 471 g/mol. The molecular formula is C26H28Cl2N4O2. The molecule has 0 atom stereocenters. The summed E-state index contributed by atoms with van der Waals surface area (Å²) in [5.41, 5.74) is 3.83. The number of aryl methyl sites for hydroxylation is 2. The highest BCUT2D eigenvalue weighted by Gasteiger charge is 2.22. The van der Waals surface area contributed by atoms with E-state index in [1.807, 2.05) is 31.2 Å². The standard InChI is InChI=1S/C26H28Cl2N4O2/c1-16-8-10-18(11-9-16)15-32-24(28)23(17(2)31-32)26(34)30-20-12-13-22(27)21(14-20)25(33)29-19-6-4-3-5-7-19/h8-14,19H,3-7,15H2,1-2H3,(H,29,33)(H,30,34). The molecule has 1 aromatic heterocycles. The SMILES string of the molecule is Cc1ccc(Cn2nc(C)c(C(=O)Nc3ccc(Cl)c(C(=O)NC4CCCCC4)c3)c2Cl)cc1. The molecule has 178 valence electrons. The Balaban J connectivity index is 1.49. The van der Waals surface area contributed by atoms with Crippen LogP contribution in [0.3, 0.4) is 0 Å². The van der Waals surface area contributed by atoms with Gasteiger partial charge < -0.3 is 10.6 Å². The van der Waals surface area contributed by atoms with Gasteiger partial charge in [-0.25, -0.2) is 4.68 Å². The second-order valence-electron chi connectivity index (χ2n) is 8.85. The molecule has 8 heteroatoms. The van der Waals surface area contributed by atoms with Crippen LogP contribution in [0.1, 0.15) is 69.6 Å². The largest absolute Gasteiger partial charge is 0.349 e. The van der Waals surface area contributed by atoms with E-state index in [1.165, 1.54) is 12.0 Å². The van der Waals surface area contributed by atoms with Gasteiger partial charge in [0, 0.05) is 11.7 Å². The van der Waals surface area contributed by atoms with Crippen molar-refractivity contribution in [3.05, 3.63) is 80.6 Å². The van der Waals surface area contributed by atoms with Crippen LogP contribution < -0.4 is 10.6 Å². The Hall–Kier alpha value is -2.83. The molecule has 1 saturated carbocycles. The van der Waals surface area contributed by atoms with E-state index in [0.717, 1.165) is 31.2 Å². The Bertz CT molecular complexity index is 1200. The molecule has 3 aromatic rings. The lowest BCUT2D eigenvalue weighted by molar-refractivity contribution is 0.0926. The van der Waals surface area contributed by atoms with Gasteiger partial charge in [-0.15, -0.1) is 0 Å². The summed E-state index contributed by atoms with van der Waals surface area (Å²) in [5, 5.41) is 11.0. The van der Waals surface area contributed by atoms with E-state index >= 15 is 0 Å². The number of rotatable bonds is 6. The van der Waals surface area contributed by atoms with Gasteiger partial charge in [-0.2, -0.15) is 5.10 Å². The zero-order valence-electron chi connectivity index (χ0n) is 19.3. The van der Waals surface area contributed by atoms with Gasteiger partial charge in [0.05, 0.1) is 28.4 Å². The van der Waals surface area contributed by atoms with E-state index in [0.29, 0.717) is 34.1 Å². The van der Waals surface area contributed by atoms with E-state index in [2.05, 4.69) is 15.7 Å². The van der Waals surface area contributed by atoms with E-state index in [9.17, 15) is 9.59 Å². The summed E-state index contributed by atoms with van der Waals surface area (Å²) >= 11 is 12.8. The number of amides is 2. The minimum Gasteiger partial charge on any atom is -0.349 e. The highest BCUT2D eigenvalue weighted by atomic mass is 35.5. The quantitative estimate of drug-likeness (QED) is 0.426. The van der Waals surface area contributed by atoms with Gasteiger partial charge in [-0.3, -0.25) is 9.59 Å². The fourth-order valence-electron chi connectivity index (χ4n) is 4.26. The van der Waals surface area contributed by atoms with Crippen molar-refractivity contribution in [2.24, 2.45) is 0 Å². The molecule has 2 aromatic carbocycles. The smallest absolute Gasteiger partial charge is 0.260 e. The molecule has 1 aliphatic carbocycles. The summed E-state index contributed by atoms with van der Waals surface area (Å²) in [4.78, 5) is 25.9. The number of carbonyl (C=O) groups excluding carboxylic acids is 2. The zero-order valence-corrected chi connectivity index (χ0v) is 20.8. The lowest BCUT2D eigenvalue weighted by atomic mass is 9.95. The minimum absolute atomic E-state index is 0.163. The highest BCUT2D eigenvalue weighted by Crippen LogP contribution is 2.26. The number of hydrogen-bond donors (Lipinski definition) is 2. The first-order chi connectivity index (χ1) is 16.3. The summed E-state index contributed by atoms with van der Waals surface area (Å²) in [6.45, 7) is 4.23. The van der Waals surface area contributed by atoms with E-state index < -0.39 is 5.91 Å². The zero-order chi connectivity index (χ0) is 24.2. The molecule has 0 radical (unpaired) electrons. The molecule has 0 saturated heterocycles. The monoisotopic (exact) mass is 498 g/mol. The van der Waals surface area contributed by atoms with Crippen molar-refractivity contribution in [3.8, 4) is 0 Å². The molecule has 0 unspecified atom stereocenters. The van der Waals surface area contributed by atoms with Gasteiger partial charge in [0.1, 0.15) is 5.15 Å². The van der Waals surface area contributed by atoms with Gasteiger partial charge in [0.15, 0.2) is 0 Å². The molecule has 34 heavy (non-hydrogen) atoms. The predicted octanol–water partition coefficient (Wildman–Crippen LogP) is 6.17. The third-order valence-corrected chi connectivity index (χ3v) is 6.87. The second kappa shape index (κ2) is 10.6. The Morgan fingerprint density at radius 2 is 1.71 bits per heavy atom. The van der Waals surface area contributed by atoms with Gasteiger partial charge >= 0.3 is 0 Å². The topological polar surface area (TPSA) is 76.0 Å². The highest BCUT2D eigenvalue weighted by molar-refractivity contribution is 6.34. The molecule has 6 nitrogen and oxygen atoms in total. The lowest BCUT2D eigenvalue weighted by Crippen LogP contribution is -2.36.